The Labute approximate surface area is 216 Å². The summed E-state index contributed by atoms with van der Waals surface area (Å²) in [6.45, 7) is 0. The molecule has 0 amide bonds. The standard InChI is InChI=1S/C31H15N5O2/c32-16-20-4-11-28-26(13-20)35-30(37-28)23-7-2-19(3-8-23)1-6-22-9-10-24(15-25(22)18-34)31-36-27-14-21(17-33)5-12-29(27)38-31/h1-15H. The van der Waals surface area contributed by atoms with Crippen LogP contribution in [0.3, 0.4) is 0 Å². The second-order valence-corrected chi connectivity index (χ2v) is 8.50. The lowest BCUT2D eigenvalue weighted by Gasteiger charge is -2.02. The molecule has 0 aliphatic heterocycles. The highest BCUT2D eigenvalue weighted by molar-refractivity contribution is 5.80. The van der Waals surface area contributed by atoms with Gasteiger partial charge in [0.1, 0.15) is 11.0 Å². The van der Waals surface area contributed by atoms with E-state index < -0.39 is 0 Å². The predicted octanol–water partition coefficient (Wildman–Crippen LogP) is 7.09. The van der Waals surface area contributed by atoms with Crippen LogP contribution in [0.5, 0.6) is 0 Å². The molecular weight excluding hydrogens is 474 g/mol. The van der Waals surface area contributed by atoms with Crippen LogP contribution in [0.1, 0.15) is 27.8 Å². The topological polar surface area (TPSA) is 123 Å². The average Bonchev–Trinajstić information content (AvgIpc) is 3.59. The molecule has 4 aromatic carbocycles. The zero-order valence-electron chi connectivity index (χ0n) is 19.7. The summed E-state index contributed by atoms with van der Waals surface area (Å²) in [5.74, 6) is 0.872. The molecule has 6 aromatic rings. The third kappa shape index (κ3) is 4.16. The molecule has 0 aliphatic carbocycles. The summed E-state index contributed by atoms with van der Waals surface area (Å²) in [5.41, 5.74) is 7.16. The van der Waals surface area contributed by atoms with Crippen LogP contribution in [0.4, 0.5) is 0 Å². The zero-order valence-corrected chi connectivity index (χ0v) is 19.7. The molecule has 2 heterocycles. The number of benzene rings is 4. The van der Waals surface area contributed by atoms with E-state index >= 15 is 0 Å². The lowest BCUT2D eigenvalue weighted by molar-refractivity contribution is 0.619. The van der Waals surface area contributed by atoms with Gasteiger partial charge in [-0.3, -0.25) is 0 Å². The van der Waals surface area contributed by atoms with E-state index in [9.17, 15) is 5.26 Å². The first kappa shape index (κ1) is 22.5. The van der Waals surface area contributed by atoms with Crippen molar-refractivity contribution >= 4 is 34.4 Å². The summed E-state index contributed by atoms with van der Waals surface area (Å²) in [7, 11) is 0. The van der Waals surface area contributed by atoms with Gasteiger partial charge in [-0.25, -0.2) is 9.97 Å². The second kappa shape index (κ2) is 9.24. The molecule has 6 rings (SSSR count). The maximum atomic E-state index is 9.74. The van der Waals surface area contributed by atoms with E-state index in [1.54, 1.807) is 42.5 Å². The molecule has 0 bridgehead atoms. The van der Waals surface area contributed by atoms with Crippen LogP contribution in [-0.4, -0.2) is 9.97 Å². The third-order valence-corrected chi connectivity index (χ3v) is 6.07. The first-order valence-corrected chi connectivity index (χ1v) is 11.6. The Kier molecular flexibility index (Phi) is 5.47. The molecule has 0 aliphatic rings. The van der Waals surface area contributed by atoms with Gasteiger partial charge in [0.2, 0.25) is 11.8 Å². The van der Waals surface area contributed by atoms with Gasteiger partial charge < -0.3 is 8.83 Å². The van der Waals surface area contributed by atoms with E-state index in [1.807, 2.05) is 48.6 Å². The highest BCUT2D eigenvalue weighted by Crippen LogP contribution is 2.28. The SMILES string of the molecule is N#Cc1ccc2oc(-c3ccc(C=Cc4ccc(-c5nc6cc(C#N)ccc6o5)cc4C#N)cc3)nc2c1. The normalized spacial score (nSPS) is 11.0. The van der Waals surface area contributed by atoms with E-state index in [-0.39, 0.29) is 0 Å². The molecule has 176 valence electrons. The van der Waals surface area contributed by atoms with E-state index in [0.29, 0.717) is 56.2 Å². The number of fused-ring (bicyclic) bond motifs is 2. The highest BCUT2D eigenvalue weighted by Gasteiger charge is 2.12. The first-order chi connectivity index (χ1) is 18.6. The summed E-state index contributed by atoms with van der Waals surface area (Å²) < 4.78 is 11.7. The van der Waals surface area contributed by atoms with Crippen LogP contribution >= 0.6 is 0 Å². The Morgan fingerprint density at radius 2 is 1.16 bits per heavy atom. The summed E-state index contributed by atoms with van der Waals surface area (Å²) >= 11 is 0. The predicted molar refractivity (Wildman–Crippen MR) is 142 cm³/mol. The minimum Gasteiger partial charge on any atom is -0.436 e. The number of hydrogen-bond acceptors (Lipinski definition) is 7. The van der Waals surface area contributed by atoms with Gasteiger partial charge in [-0.05, 0) is 71.8 Å². The van der Waals surface area contributed by atoms with Gasteiger partial charge >= 0.3 is 0 Å². The number of nitriles is 3. The Morgan fingerprint density at radius 1 is 0.579 bits per heavy atom. The largest absolute Gasteiger partial charge is 0.436 e. The van der Waals surface area contributed by atoms with E-state index in [2.05, 4.69) is 28.2 Å². The number of rotatable bonds is 4. The molecule has 0 radical (unpaired) electrons. The summed E-state index contributed by atoms with van der Waals surface area (Å²) in [6, 6.07) is 29.8. The second-order valence-electron chi connectivity index (χ2n) is 8.50. The van der Waals surface area contributed by atoms with Crippen LogP contribution in [0.25, 0.3) is 57.3 Å². The smallest absolute Gasteiger partial charge is 0.227 e. The van der Waals surface area contributed by atoms with Crippen molar-refractivity contribution in [1.29, 1.82) is 15.8 Å². The van der Waals surface area contributed by atoms with Crippen molar-refractivity contribution in [2.24, 2.45) is 0 Å². The van der Waals surface area contributed by atoms with Crippen LogP contribution in [0.2, 0.25) is 0 Å². The first-order valence-electron chi connectivity index (χ1n) is 11.6. The fourth-order valence-electron chi connectivity index (χ4n) is 4.10. The molecule has 2 aromatic heterocycles. The van der Waals surface area contributed by atoms with Gasteiger partial charge in [0.05, 0.1) is 34.9 Å². The fraction of sp³-hybridized carbons (Fsp3) is 0. The number of hydrogen-bond donors (Lipinski definition) is 0. The fourth-order valence-corrected chi connectivity index (χ4v) is 4.10. The van der Waals surface area contributed by atoms with Gasteiger partial charge in [-0.1, -0.05) is 30.4 Å². The Balaban J connectivity index is 1.24. The van der Waals surface area contributed by atoms with Crippen molar-refractivity contribution in [3.05, 3.63) is 107 Å². The molecular formula is C31H15N5O2. The Bertz CT molecular complexity index is 2010. The Morgan fingerprint density at radius 3 is 1.74 bits per heavy atom. The lowest BCUT2D eigenvalue weighted by atomic mass is 10.0. The molecule has 0 saturated heterocycles. The Hall–Kier alpha value is -5.97. The molecule has 0 saturated carbocycles. The minimum absolute atomic E-state index is 0.390. The van der Waals surface area contributed by atoms with Crippen LogP contribution in [0.15, 0.2) is 87.7 Å². The van der Waals surface area contributed by atoms with Gasteiger partial charge in [0.25, 0.3) is 0 Å². The summed E-state index contributed by atoms with van der Waals surface area (Å²) in [5, 5.41) is 27.9. The number of aromatic nitrogens is 2. The van der Waals surface area contributed by atoms with Crippen molar-refractivity contribution in [3.8, 4) is 41.1 Å². The maximum Gasteiger partial charge on any atom is 0.227 e. The van der Waals surface area contributed by atoms with Gasteiger partial charge in [-0.15, -0.1) is 0 Å². The van der Waals surface area contributed by atoms with Gasteiger partial charge in [-0.2, -0.15) is 15.8 Å². The van der Waals surface area contributed by atoms with Gasteiger partial charge in [0.15, 0.2) is 11.2 Å². The minimum atomic E-state index is 0.390. The van der Waals surface area contributed by atoms with Crippen molar-refractivity contribution in [1.82, 2.24) is 9.97 Å². The van der Waals surface area contributed by atoms with Crippen molar-refractivity contribution in [2.45, 2.75) is 0 Å². The number of nitrogens with zero attached hydrogens (tertiary/aromatic N) is 5. The van der Waals surface area contributed by atoms with Crippen molar-refractivity contribution in [2.75, 3.05) is 0 Å². The molecule has 7 heteroatoms. The zero-order chi connectivity index (χ0) is 26.1. The van der Waals surface area contributed by atoms with E-state index in [0.717, 1.165) is 16.7 Å². The molecule has 0 atom stereocenters. The monoisotopic (exact) mass is 489 g/mol. The molecule has 7 nitrogen and oxygen atoms in total. The highest BCUT2D eigenvalue weighted by atomic mass is 16.4. The van der Waals surface area contributed by atoms with E-state index in [1.165, 1.54) is 0 Å². The van der Waals surface area contributed by atoms with Crippen LogP contribution < -0.4 is 0 Å². The van der Waals surface area contributed by atoms with Gasteiger partial charge in [0, 0.05) is 11.1 Å². The molecule has 0 spiro atoms. The van der Waals surface area contributed by atoms with Crippen molar-refractivity contribution < 1.29 is 8.83 Å². The molecule has 38 heavy (non-hydrogen) atoms. The van der Waals surface area contributed by atoms with E-state index in [4.69, 9.17) is 19.4 Å². The molecule has 0 fully saturated rings. The summed E-state index contributed by atoms with van der Waals surface area (Å²) in [6.07, 6.45) is 3.80. The molecule has 0 unspecified atom stereocenters. The third-order valence-electron chi connectivity index (χ3n) is 6.07. The van der Waals surface area contributed by atoms with Crippen molar-refractivity contribution in [3.63, 3.8) is 0 Å². The lowest BCUT2D eigenvalue weighted by Crippen LogP contribution is -1.85. The number of oxazole rings is 2. The summed E-state index contributed by atoms with van der Waals surface area (Å²) in [4.78, 5) is 8.97. The van der Waals surface area contributed by atoms with Crippen LogP contribution in [0, 0.1) is 34.0 Å². The molecule has 0 N–H and O–H groups in total. The van der Waals surface area contributed by atoms with Crippen LogP contribution in [-0.2, 0) is 0 Å². The maximum absolute atomic E-state index is 9.74. The quantitative estimate of drug-likeness (QED) is 0.242. The average molecular weight is 489 g/mol.